The molecule has 10 heteroatoms. The minimum atomic E-state index is -4.44. The van der Waals surface area contributed by atoms with Crippen molar-refractivity contribution < 1.29 is 37.9 Å². The van der Waals surface area contributed by atoms with E-state index in [4.69, 9.17) is 13.8 Å². The number of esters is 1. The second-order valence-electron chi connectivity index (χ2n) is 17.1. The molecule has 65 heavy (non-hydrogen) atoms. The molecule has 3 N–H and O–H groups in total. The number of rotatable bonds is 48. The molecule has 2 atom stereocenters. The summed E-state index contributed by atoms with van der Waals surface area (Å²) in [5.74, 6) is -0.544. The molecule has 0 rings (SSSR count). The molecule has 0 aliphatic rings. The first kappa shape index (κ1) is 62.2. The zero-order chi connectivity index (χ0) is 47.4. The minimum absolute atomic E-state index is 0.0629. The van der Waals surface area contributed by atoms with Gasteiger partial charge in [-0.25, -0.2) is 4.57 Å². The first-order valence-corrected chi connectivity index (χ1v) is 27.6. The average Bonchev–Trinajstić information content (AvgIpc) is 3.29. The number of allylic oxidation sites excluding steroid dienone is 14. The molecule has 0 saturated heterocycles. The Hall–Kier alpha value is -2.81. The molecule has 1 amide bonds. The van der Waals surface area contributed by atoms with Crippen LogP contribution in [0.2, 0.25) is 0 Å². The predicted octanol–water partition coefficient (Wildman–Crippen LogP) is 15.6. The number of phosphoric acid groups is 1. The van der Waals surface area contributed by atoms with Crippen molar-refractivity contribution in [2.75, 3.05) is 26.4 Å². The van der Waals surface area contributed by atoms with E-state index < -0.39 is 26.5 Å². The van der Waals surface area contributed by atoms with E-state index in [0.29, 0.717) is 6.42 Å². The third kappa shape index (κ3) is 52.0. The summed E-state index contributed by atoms with van der Waals surface area (Å²) in [6, 6.07) is 0. The Bertz CT molecular complexity index is 1340. The molecule has 0 radical (unpaired) electrons. The van der Waals surface area contributed by atoms with Crippen LogP contribution in [0.5, 0.6) is 0 Å². The van der Waals surface area contributed by atoms with Crippen LogP contribution in [0.1, 0.15) is 219 Å². The lowest BCUT2D eigenvalue weighted by Crippen LogP contribution is -2.27. The monoisotopic (exact) mass is 930 g/mol. The van der Waals surface area contributed by atoms with Crippen molar-refractivity contribution in [1.29, 1.82) is 0 Å². The maximum absolute atomic E-state index is 12.2. The number of aliphatic hydroxyl groups excluding tert-OH is 1. The lowest BCUT2D eigenvalue weighted by Gasteiger charge is -2.15. The molecule has 0 aliphatic heterocycles. The molecule has 0 heterocycles. The van der Waals surface area contributed by atoms with Crippen LogP contribution in [0.25, 0.3) is 0 Å². The standard InChI is InChI=1S/C55H96NO8P/c1-3-5-7-9-11-13-15-17-19-21-23-25-26-28-29-31-33-35-37-39-41-43-45-47-54(58)56-49-50-63-65(60,61)64-52-53(57)51-62-55(59)48-46-44-42-40-38-36-34-32-30-27-24-22-20-18-16-14-12-10-8-6-4-2/h5,7,11,13,17-20,23,25,28-29,33,35,53,57H,3-4,6,8-10,12,14-16,21-22,24,26-27,30-32,34,36-52H2,1-2H3,(H,56,58)(H,60,61)/b7-5-,13-11-,19-17-,20-18+,25-23-,29-28-,35-33-. The van der Waals surface area contributed by atoms with Crippen LogP contribution in [0.4, 0.5) is 0 Å². The van der Waals surface area contributed by atoms with Gasteiger partial charge in [-0.3, -0.25) is 18.6 Å². The quantitative estimate of drug-likeness (QED) is 0.0238. The van der Waals surface area contributed by atoms with Crippen LogP contribution in [-0.2, 0) is 27.9 Å². The fourth-order valence-electron chi connectivity index (χ4n) is 6.91. The van der Waals surface area contributed by atoms with Gasteiger partial charge in [-0.15, -0.1) is 0 Å². The molecule has 374 valence electrons. The molecule has 0 fully saturated rings. The van der Waals surface area contributed by atoms with Gasteiger partial charge >= 0.3 is 13.8 Å². The fourth-order valence-corrected chi connectivity index (χ4v) is 7.67. The normalized spacial score (nSPS) is 13.8. The van der Waals surface area contributed by atoms with E-state index in [1.165, 1.54) is 103 Å². The Morgan fingerprint density at radius 1 is 0.492 bits per heavy atom. The number of hydrogen-bond donors (Lipinski definition) is 3. The molecule has 0 saturated carbocycles. The third-order valence-corrected chi connectivity index (χ3v) is 11.8. The number of amides is 1. The highest BCUT2D eigenvalue weighted by atomic mass is 31.2. The van der Waals surface area contributed by atoms with E-state index >= 15 is 0 Å². The van der Waals surface area contributed by atoms with E-state index in [1.54, 1.807) is 0 Å². The zero-order valence-corrected chi connectivity index (χ0v) is 42.3. The Morgan fingerprint density at radius 3 is 1.34 bits per heavy atom. The van der Waals surface area contributed by atoms with E-state index in [-0.39, 0.29) is 32.1 Å². The topological polar surface area (TPSA) is 131 Å². The third-order valence-electron chi connectivity index (χ3n) is 10.8. The highest BCUT2D eigenvalue weighted by Crippen LogP contribution is 2.42. The van der Waals surface area contributed by atoms with E-state index in [9.17, 15) is 24.2 Å². The minimum Gasteiger partial charge on any atom is -0.463 e. The van der Waals surface area contributed by atoms with Crippen LogP contribution >= 0.6 is 7.82 Å². The van der Waals surface area contributed by atoms with Crippen molar-refractivity contribution >= 4 is 19.7 Å². The van der Waals surface area contributed by atoms with E-state index in [2.05, 4.69) is 104 Å². The van der Waals surface area contributed by atoms with Crippen LogP contribution in [0, 0.1) is 0 Å². The SMILES string of the molecule is CC/C=C\C/C=C\C/C=C\C/C=C\C/C=C\C/C=C\CCCCCCC(=O)NCCOP(=O)(O)OCC(O)COC(=O)CCCCCCCCCCCCC/C=C/CCCCCCCC. The molecule has 0 aliphatic carbocycles. The van der Waals surface area contributed by atoms with Gasteiger partial charge in [-0.05, 0) is 89.9 Å². The van der Waals surface area contributed by atoms with Crippen molar-refractivity contribution in [1.82, 2.24) is 5.32 Å². The fraction of sp³-hybridized carbons (Fsp3) is 0.709. The molecule has 0 aromatic carbocycles. The molecular formula is C55H96NO8P. The second kappa shape index (κ2) is 50.6. The number of ether oxygens (including phenoxy) is 1. The smallest absolute Gasteiger partial charge is 0.463 e. The van der Waals surface area contributed by atoms with E-state index in [0.717, 1.165) is 89.9 Å². The largest absolute Gasteiger partial charge is 0.472 e. The highest BCUT2D eigenvalue weighted by Gasteiger charge is 2.23. The number of hydrogen-bond acceptors (Lipinski definition) is 7. The summed E-state index contributed by atoms with van der Waals surface area (Å²) < 4.78 is 27.0. The zero-order valence-electron chi connectivity index (χ0n) is 41.4. The summed E-state index contributed by atoms with van der Waals surface area (Å²) in [6.07, 6.45) is 65.2. The second-order valence-corrected chi connectivity index (χ2v) is 18.6. The van der Waals surface area contributed by atoms with Gasteiger partial charge in [0.15, 0.2) is 0 Å². The average molecular weight is 930 g/mol. The number of phosphoric ester groups is 1. The molecule has 0 aromatic rings. The highest BCUT2D eigenvalue weighted by molar-refractivity contribution is 7.47. The van der Waals surface area contributed by atoms with Crippen molar-refractivity contribution in [2.45, 2.75) is 225 Å². The van der Waals surface area contributed by atoms with Crippen molar-refractivity contribution in [3.05, 3.63) is 85.1 Å². The molecular weight excluding hydrogens is 834 g/mol. The van der Waals surface area contributed by atoms with Crippen LogP contribution in [-0.4, -0.2) is 54.3 Å². The Labute approximate surface area is 398 Å². The lowest BCUT2D eigenvalue weighted by atomic mass is 10.0. The van der Waals surface area contributed by atoms with Gasteiger partial charge in [-0.1, -0.05) is 202 Å². The number of unbranched alkanes of at least 4 members (excludes halogenated alkanes) is 21. The Morgan fingerprint density at radius 2 is 0.877 bits per heavy atom. The molecule has 0 bridgehead atoms. The van der Waals surface area contributed by atoms with Crippen molar-refractivity contribution in [3.8, 4) is 0 Å². The predicted molar refractivity (Wildman–Crippen MR) is 275 cm³/mol. The van der Waals surface area contributed by atoms with Gasteiger partial charge < -0.3 is 20.1 Å². The van der Waals surface area contributed by atoms with Crippen LogP contribution in [0.15, 0.2) is 85.1 Å². The first-order chi connectivity index (χ1) is 31.8. The molecule has 0 spiro atoms. The van der Waals surface area contributed by atoms with Gasteiger partial charge in [0.25, 0.3) is 0 Å². The summed E-state index contributed by atoms with van der Waals surface area (Å²) in [4.78, 5) is 34.1. The maximum Gasteiger partial charge on any atom is 0.472 e. The molecule has 2 unspecified atom stereocenters. The van der Waals surface area contributed by atoms with Gasteiger partial charge in [-0.2, -0.15) is 0 Å². The number of nitrogens with one attached hydrogen (secondary N) is 1. The summed E-state index contributed by atoms with van der Waals surface area (Å²) in [7, 11) is -4.44. The van der Waals surface area contributed by atoms with Crippen LogP contribution in [0.3, 0.4) is 0 Å². The number of carbonyl (C=O) groups is 2. The van der Waals surface area contributed by atoms with Gasteiger partial charge in [0.2, 0.25) is 5.91 Å². The molecule has 0 aromatic heterocycles. The Balaban J connectivity index is 3.62. The summed E-state index contributed by atoms with van der Waals surface area (Å²) in [5, 5.41) is 12.7. The van der Waals surface area contributed by atoms with E-state index in [1.807, 2.05) is 0 Å². The first-order valence-electron chi connectivity index (χ1n) is 26.1. The van der Waals surface area contributed by atoms with Crippen LogP contribution < -0.4 is 5.32 Å². The Kier molecular flexibility index (Phi) is 48.4. The summed E-state index contributed by atoms with van der Waals surface area (Å²) in [5.41, 5.74) is 0. The van der Waals surface area contributed by atoms with Gasteiger partial charge in [0.1, 0.15) is 12.7 Å². The van der Waals surface area contributed by atoms with Crippen molar-refractivity contribution in [3.63, 3.8) is 0 Å². The number of carbonyl (C=O) groups excluding carboxylic acids is 2. The summed E-state index contributed by atoms with van der Waals surface area (Å²) in [6.45, 7) is 3.41. The van der Waals surface area contributed by atoms with Gasteiger partial charge in [0, 0.05) is 19.4 Å². The lowest BCUT2D eigenvalue weighted by molar-refractivity contribution is -0.147. The number of aliphatic hydroxyl groups is 1. The molecule has 9 nitrogen and oxygen atoms in total. The summed E-state index contributed by atoms with van der Waals surface area (Å²) >= 11 is 0. The van der Waals surface area contributed by atoms with Crippen molar-refractivity contribution in [2.24, 2.45) is 0 Å². The van der Waals surface area contributed by atoms with Gasteiger partial charge in [0.05, 0.1) is 13.2 Å². The maximum atomic E-state index is 12.2.